The summed E-state index contributed by atoms with van der Waals surface area (Å²) in [4.78, 5) is 16.2. The number of rotatable bonds is 7. The Balaban J connectivity index is 2.58. The molecule has 6 nitrogen and oxygen atoms in total. The zero-order valence-electron chi connectivity index (χ0n) is 14.7. The lowest BCUT2D eigenvalue weighted by molar-refractivity contribution is 0.0445. The van der Waals surface area contributed by atoms with Crippen LogP contribution in [0.5, 0.6) is 0 Å². The first-order chi connectivity index (χ1) is 10.2. The quantitative estimate of drug-likeness (QED) is 0.812. The van der Waals surface area contributed by atoms with Gasteiger partial charge in [-0.1, -0.05) is 13.8 Å². The molecule has 1 rings (SSSR count). The van der Waals surface area contributed by atoms with Gasteiger partial charge in [-0.3, -0.25) is 0 Å². The highest BCUT2D eigenvalue weighted by Gasteiger charge is 2.30. The minimum atomic E-state index is -0.487. The Labute approximate surface area is 133 Å². The molecule has 0 bridgehead atoms. The summed E-state index contributed by atoms with van der Waals surface area (Å²) in [6, 6.07) is 0. The van der Waals surface area contributed by atoms with Gasteiger partial charge in [0.05, 0.1) is 17.6 Å². The van der Waals surface area contributed by atoms with Gasteiger partial charge < -0.3 is 19.9 Å². The molecule has 0 aromatic carbocycles. The number of ether oxygens (including phenoxy) is 1. The third-order valence-electron chi connectivity index (χ3n) is 3.81. The first kappa shape index (κ1) is 18.5. The number of nitrogens with one attached hydrogen (secondary N) is 2. The maximum Gasteiger partial charge on any atom is 0.408 e. The number of hydrogen-bond acceptors (Lipinski definition) is 4. The van der Waals surface area contributed by atoms with Gasteiger partial charge in [0, 0.05) is 26.3 Å². The zero-order chi connectivity index (χ0) is 16.8. The molecule has 0 saturated carbocycles. The van der Waals surface area contributed by atoms with Crippen LogP contribution in [0.3, 0.4) is 0 Å². The monoisotopic (exact) mass is 310 g/mol. The number of aromatic nitrogens is 2. The highest BCUT2D eigenvalue weighted by molar-refractivity contribution is 5.68. The average Bonchev–Trinajstić information content (AvgIpc) is 2.81. The van der Waals surface area contributed by atoms with Crippen molar-refractivity contribution in [2.45, 2.75) is 65.1 Å². The average molecular weight is 310 g/mol. The van der Waals surface area contributed by atoms with Crippen molar-refractivity contribution in [3.05, 3.63) is 18.2 Å². The number of carbonyl (C=O) groups is 1. The second kappa shape index (κ2) is 7.63. The minimum Gasteiger partial charge on any atom is -0.444 e. The van der Waals surface area contributed by atoms with E-state index < -0.39 is 5.60 Å². The van der Waals surface area contributed by atoms with Crippen molar-refractivity contribution in [3.63, 3.8) is 0 Å². The maximum absolute atomic E-state index is 12.1. The zero-order valence-corrected chi connectivity index (χ0v) is 14.7. The van der Waals surface area contributed by atoms with Crippen LogP contribution in [0, 0.1) is 0 Å². The Morgan fingerprint density at radius 2 is 1.95 bits per heavy atom. The molecule has 0 fully saturated rings. The van der Waals surface area contributed by atoms with E-state index in [1.54, 1.807) is 6.33 Å². The Morgan fingerprint density at radius 3 is 2.41 bits per heavy atom. The van der Waals surface area contributed by atoms with E-state index in [1.165, 1.54) is 0 Å². The lowest BCUT2D eigenvalue weighted by Gasteiger charge is -2.34. The summed E-state index contributed by atoms with van der Waals surface area (Å²) >= 11 is 0. The van der Waals surface area contributed by atoms with Crippen LogP contribution in [0.15, 0.2) is 12.5 Å². The number of alkyl carbamates (subject to hydrolysis) is 1. The van der Waals surface area contributed by atoms with Crippen molar-refractivity contribution in [1.29, 1.82) is 0 Å². The van der Waals surface area contributed by atoms with E-state index in [9.17, 15) is 4.79 Å². The number of aryl methyl sites for hydroxylation is 1. The standard InChI is InChI=1S/C16H30N4O2/c1-7-16(8-2,19-14(21)22-15(3,4)5)11-17-9-13-10-18-12-20(13)6/h10,12,17H,7-9,11H2,1-6H3,(H,19,21). The van der Waals surface area contributed by atoms with Crippen molar-refractivity contribution >= 4 is 6.09 Å². The smallest absolute Gasteiger partial charge is 0.408 e. The van der Waals surface area contributed by atoms with Crippen molar-refractivity contribution in [2.24, 2.45) is 7.05 Å². The molecule has 0 radical (unpaired) electrons. The summed E-state index contributed by atoms with van der Waals surface area (Å²) in [5.41, 5.74) is 0.318. The fourth-order valence-electron chi connectivity index (χ4n) is 2.23. The fraction of sp³-hybridized carbons (Fsp3) is 0.750. The molecule has 0 atom stereocenters. The summed E-state index contributed by atoms with van der Waals surface area (Å²) in [6.07, 6.45) is 4.93. The Bertz CT molecular complexity index is 473. The van der Waals surface area contributed by atoms with Crippen molar-refractivity contribution in [3.8, 4) is 0 Å². The second-order valence-electron chi connectivity index (χ2n) is 6.71. The first-order valence-electron chi connectivity index (χ1n) is 7.88. The Morgan fingerprint density at radius 1 is 1.32 bits per heavy atom. The molecule has 0 spiro atoms. The number of carbonyl (C=O) groups excluding carboxylic acids is 1. The minimum absolute atomic E-state index is 0.305. The van der Waals surface area contributed by atoms with Gasteiger partial charge in [-0.25, -0.2) is 9.78 Å². The van der Waals surface area contributed by atoms with Crippen LogP contribution in [0.1, 0.15) is 53.2 Å². The van der Waals surface area contributed by atoms with Gasteiger partial charge in [0.2, 0.25) is 0 Å². The molecule has 1 amide bonds. The lowest BCUT2D eigenvalue weighted by atomic mass is 9.93. The topological polar surface area (TPSA) is 68.2 Å². The van der Waals surface area contributed by atoms with Crippen molar-refractivity contribution in [2.75, 3.05) is 6.54 Å². The largest absolute Gasteiger partial charge is 0.444 e. The fourth-order valence-corrected chi connectivity index (χ4v) is 2.23. The van der Waals surface area contributed by atoms with Gasteiger partial charge in [-0.2, -0.15) is 0 Å². The van der Waals surface area contributed by atoms with Crippen LogP contribution in [0.25, 0.3) is 0 Å². The number of hydrogen-bond donors (Lipinski definition) is 2. The van der Waals surface area contributed by atoms with E-state index in [0.29, 0.717) is 13.1 Å². The third-order valence-corrected chi connectivity index (χ3v) is 3.81. The molecule has 0 saturated heterocycles. The number of nitrogens with zero attached hydrogens (tertiary/aromatic N) is 2. The van der Waals surface area contributed by atoms with Crippen LogP contribution in [0.4, 0.5) is 4.79 Å². The van der Waals surface area contributed by atoms with Gasteiger partial charge in [0.25, 0.3) is 0 Å². The van der Waals surface area contributed by atoms with E-state index in [4.69, 9.17) is 4.74 Å². The lowest BCUT2D eigenvalue weighted by Crippen LogP contribution is -2.55. The molecule has 6 heteroatoms. The normalized spacial score (nSPS) is 12.3. The molecule has 1 aromatic rings. The molecule has 2 N–H and O–H groups in total. The Kier molecular flexibility index (Phi) is 6.41. The SMILES string of the molecule is CCC(CC)(CNCc1cncn1C)NC(=O)OC(C)(C)C. The summed E-state index contributed by atoms with van der Waals surface area (Å²) in [6.45, 7) is 11.2. The molecule has 0 aliphatic heterocycles. The molecule has 1 heterocycles. The molecule has 0 aliphatic rings. The third kappa shape index (κ3) is 5.67. The van der Waals surface area contributed by atoms with Crippen molar-refractivity contribution in [1.82, 2.24) is 20.2 Å². The Hall–Kier alpha value is -1.56. The molecule has 1 aromatic heterocycles. The van der Waals surface area contributed by atoms with Gasteiger partial charge in [0.15, 0.2) is 0 Å². The summed E-state index contributed by atoms with van der Waals surface area (Å²) in [5, 5.41) is 6.44. The van der Waals surface area contributed by atoms with Gasteiger partial charge in [0.1, 0.15) is 5.60 Å². The number of imidazole rings is 1. The summed E-state index contributed by atoms with van der Waals surface area (Å²) < 4.78 is 7.36. The second-order valence-corrected chi connectivity index (χ2v) is 6.71. The van der Waals surface area contributed by atoms with Gasteiger partial charge in [-0.15, -0.1) is 0 Å². The molecule has 0 aliphatic carbocycles. The van der Waals surface area contributed by atoms with Crippen LogP contribution < -0.4 is 10.6 Å². The van der Waals surface area contributed by atoms with Crippen molar-refractivity contribution < 1.29 is 9.53 Å². The van der Waals surface area contributed by atoms with Crippen LogP contribution in [0.2, 0.25) is 0 Å². The number of amides is 1. The highest BCUT2D eigenvalue weighted by atomic mass is 16.6. The molecular weight excluding hydrogens is 280 g/mol. The maximum atomic E-state index is 12.1. The van der Waals surface area contributed by atoms with Crippen LogP contribution in [-0.2, 0) is 18.3 Å². The van der Waals surface area contributed by atoms with Gasteiger partial charge in [-0.05, 0) is 33.6 Å². The molecule has 22 heavy (non-hydrogen) atoms. The highest BCUT2D eigenvalue weighted by Crippen LogP contribution is 2.16. The van der Waals surface area contributed by atoms with E-state index in [1.807, 2.05) is 38.6 Å². The van der Waals surface area contributed by atoms with E-state index in [2.05, 4.69) is 29.5 Å². The van der Waals surface area contributed by atoms with E-state index in [0.717, 1.165) is 18.5 Å². The van der Waals surface area contributed by atoms with Crippen LogP contribution in [-0.4, -0.2) is 33.3 Å². The molecule has 0 unspecified atom stereocenters. The van der Waals surface area contributed by atoms with Gasteiger partial charge >= 0.3 is 6.09 Å². The van der Waals surface area contributed by atoms with Crippen LogP contribution >= 0.6 is 0 Å². The first-order valence-corrected chi connectivity index (χ1v) is 7.88. The van der Waals surface area contributed by atoms with E-state index in [-0.39, 0.29) is 11.6 Å². The molecular formula is C16H30N4O2. The predicted molar refractivity (Wildman–Crippen MR) is 87.6 cm³/mol. The summed E-state index contributed by atoms with van der Waals surface area (Å²) in [5.74, 6) is 0. The molecule has 126 valence electrons. The summed E-state index contributed by atoms with van der Waals surface area (Å²) in [7, 11) is 1.97. The van der Waals surface area contributed by atoms with E-state index >= 15 is 0 Å². The predicted octanol–water partition coefficient (Wildman–Crippen LogP) is 2.59.